The SMILES string of the molecule is CC.CCCc1ccoc1CCC. The van der Waals surface area contributed by atoms with Crippen molar-refractivity contribution in [2.45, 2.75) is 53.4 Å². The van der Waals surface area contributed by atoms with Crippen LogP contribution in [0, 0.1) is 0 Å². The summed E-state index contributed by atoms with van der Waals surface area (Å²) in [5.41, 5.74) is 1.40. The predicted octanol–water partition coefficient (Wildman–Crippen LogP) is 4.21. The van der Waals surface area contributed by atoms with E-state index < -0.39 is 0 Å². The zero-order valence-corrected chi connectivity index (χ0v) is 9.39. The Morgan fingerprint density at radius 3 is 2.23 bits per heavy atom. The topological polar surface area (TPSA) is 13.1 Å². The Labute approximate surface area is 82.2 Å². The van der Waals surface area contributed by atoms with Gasteiger partial charge in [-0.3, -0.25) is 0 Å². The van der Waals surface area contributed by atoms with Crippen molar-refractivity contribution in [3.8, 4) is 0 Å². The molecule has 0 fully saturated rings. The second-order valence-corrected chi connectivity index (χ2v) is 2.87. The van der Waals surface area contributed by atoms with E-state index in [0.29, 0.717) is 0 Å². The van der Waals surface area contributed by atoms with Crippen LogP contribution in [0.5, 0.6) is 0 Å². The summed E-state index contributed by atoms with van der Waals surface area (Å²) in [6.45, 7) is 8.38. The van der Waals surface area contributed by atoms with E-state index in [1.54, 1.807) is 6.26 Å². The summed E-state index contributed by atoms with van der Waals surface area (Å²) >= 11 is 0. The van der Waals surface area contributed by atoms with E-state index in [-0.39, 0.29) is 0 Å². The van der Waals surface area contributed by atoms with E-state index in [1.807, 2.05) is 13.8 Å². The van der Waals surface area contributed by atoms with Crippen LogP contribution in [-0.4, -0.2) is 0 Å². The molecular weight excluding hydrogens is 160 g/mol. The first kappa shape index (κ1) is 12.3. The predicted molar refractivity (Wildman–Crippen MR) is 58.0 cm³/mol. The highest BCUT2D eigenvalue weighted by atomic mass is 16.3. The minimum absolute atomic E-state index is 1.09. The van der Waals surface area contributed by atoms with Crippen LogP contribution >= 0.6 is 0 Å². The highest BCUT2D eigenvalue weighted by Gasteiger charge is 2.02. The number of rotatable bonds is 4. The highest BCUT2D eigenvalue weighted by Crippen LogP contribution is 2.14. The third-order valence-corrected chi connectivity index (χ3v) is 1.83. The quantitative estimate of drug-likeness (QED) is 0.679. The van der Waals surface area contributed by atoms with E-state index in [9.17, 15) is 0 Å². The molecule has 0 amide bonds. The Morgan fingerprint density at radius 2 is 1.69 bits per heavy atom. The number of hydrogen-bond acceptors (Lipinski definition) is 1. The largest absolute Gasteiger partial charge is 0.469 e. The zero-order chi connectivity index (χ0) is 10.1. The maximum Gasteiger partial charge on any atom is 0.106 e. The highest BCUT2D eigenvalue weighted by molar-refractivity contribution is 5.17. The molecule has 0 unspecified atom stereocenters. The lowest BCUT2D eigenvalue weighted by molar-refractivity contribution is 0.501. The van der Waals surface area contributed by atoms with Gasteiger partial charge in [0.1, 0.15) is 5.76 Å². The second kappa shape index (κ2) is 7.90. The van der Waals surface area contributed by atoms with E-state index in [0.717, 1.165) is 12.8 Å². The molecule has 0 aliphatic heterocycles. The molecule has 0 aliphatic rings. The van der Waals surface area contributed by atoms with Crippen molar-refractivity contribution in [1.82, 2.24) is 0 Å². The lowest BCUT2D eigenvalue weighted by Crippen LogP contribution is -1.87. The van der Waals surface area contributed by atoms with Crippen molar-refractivity contribution in [1.29, 1.82) is 0 Å². The zero-order valence-electron chi connectivity index (χ0n) is 9.39. The second-order valence-electron chi connectivity index (χ2n) is 2.87. The number of aryl methyl sites for hydroxylation is 2. The van der Waals surface area contributed by atoms with Gasteiger partial charge in [0.2, 0.25) is 0 Å². The Morgan fingerprint density at radius 1 is 1.08 bits per heavy atom. The number of furan rings is 1. The fraction of sp³-hybridized carbons (Fsp3) is 0.667. The van der Waals surface area contributed by atoms with E-state index in [2.05, 4.69) is 19.9 Å². The third-order valence-electron chi connectivity index (χ3n) is 1.83. The van der Waals surface area contributed by atoms with Gasteiger partial charge in [-0.25, -0.2) is 0 Å². The molecule has 76 valence electrons. The van der Waals surface area contributed by atoms with Gasteiger partial charge in [-0.2, -0.15) is 0 Å². The Hall–Kier alpha value is -0.720. The molecular formula is C12H22O. The van der Waals surface area contributed by atoms with Crippen molar-refractivity contribution >= 4 is 0 Å². The molecule has 1 rings (SSSR count). The van der Waals surface area contributed by atoms with Gasteiger partial charge in [0.25, 0.3) is 0 Å². The van der Waals surface area contributed by atoms with E-state index in [4.69, 9.17) is 4.42 Å². The van der Waals surface area contributed by atoms with Crippen molar-refractivity contribution in [2.24, 2.45) is 0 Å². The Kier molecular flexibility index (Phi) is 7.47. The number of hydrogen-bond donors (Lipinski definition) is 0. The van der Waals surface area contributed by atoms with Crippen LogP contribution in [0.2, 0.25) is 0 Å². The first-order chi connectivity index (χ1) is 6.38. The van der Waals surface area contributed by atoms with Gasteiger partial charge in [-0.1, -0.05) is 34.1 Å². The fourth-order valence-corrected chi connectivity index (χ4v) is 1.31. The monoisotopic (exact) mass is 182 g/mol. The third kappa shape index (κ3) is 4.16. The Balaban J connectivity index is 0.000000671. The molecule has 1 nitrogen and oxygen atoms in total. The molecule has 0 aromatic carbocycles. The maximum absolute atomic E-state index is 5.36. The standard InChI is InChI=1S/C10H16O.C2H6/c1-3-5-9-7-8-11-10(9)6-4-2;1-2/h7-8H,3-6H2,1-2H3;1-2H3. The van der Waals surface area contributed by atoms with Gasteiger partial charge < -0.3 is 4.42 Å². The van der Waals surface area contributed by atoms with Gasteiger partial charge in [-0.15, -0.1) is 0 Å². The van der Waals surface area contributed by atoms with E-state index in [1.165, 1.54) is 24.2 Å². The van der Waals surface area contributed by atoms with Crippen LogP contribution in [0.1, 0.15) is 51.9 Å². The first-order valence-electron chi connectivity index (χ1n) is 5.43. The molecule has 13 heavy (non-hydrogen) atoms. The van der Waals surface area contributed by atoms with Crippen molar-refractivity contribution in [3.05, 3.63) is 23.7 Å². The molecule has 0 saturated heterocycles. The average molecular weight is 182 g/mol. The fourth-order valence-electron chi connectivity index (χ4n) is 1.31. The van der Waals surface area contributed by atoms with Crippen molar-refractivity contribution in [3.63, 3.8) is 0 Å². The summed E-state index contributed by atoms with van der Waals surface area (Å²) < 4.78 is 5.36. The minimum atomic E-state index is 1.09. The van der Waals surface area contributed by atoms with Gasteiger partial charge in [-0.05, 0) is 24.5 Å². The maximum atomic E-state index is 5.36. The summed E-state index contributed by atoms with van der Waals surface area (Å²) in [5.74, 6) is 1.19. The molecule has 0 N–H and O–H groups in total. The summed E-state index contributed by atoms with van der Waals surface area (Å²) in [5, 5.41) is 0. The van der Waals surface area contributed by atoms with E-state index >= 15 is 0 Å². The van der Waals surface area contributed by atoms with Gasteiger partial charge in [0, 0.05) is 6.42 Å². The molecule has 0 atom stereocenters. The lowest BCUT2D eigenvalue weighted by Gasteiger charge is -1.97. The lowest BCUT2D eigenvalue weighted by atomic mass is 10.1. The molecule has 1 heteroatoms. The first-order valence-corrected chi connectivity index (χ1v) is 5.43. The van der Waals surface area contributed by atoms with Crippen LogP contribution in [0.25, 0.3) is 0 Å². The van der Waals surface area contributed by atoms with Gasteiger partial charge in [0.15, 0.2) is 0 Å². The van der Waals surface area contributed by atoms with Gasteiger partial charge >= 0.3 is 0 Å². The molecule has 0 radical (unpaired) electrons. The summed E-state index contributed by atoms with van der Waals surface area (Å²) in [7, 11) is 0. The van der Waals surface area contributed by atoms with Crippen molar-refractivity contribution in [2.75, 3.05) is 0 Å². The minimum Gasteiger partial charge on any atom is -0.469 e. The molecule has 1 aromatic rings. The van der Waals surface area contributed by atoms with Crippen LogP contribution < -0.4 is 0 Å². The van der Waals surface area contributed by atoms with Gasteiger partial charge in [0.05, 0.1) is 6.26 Å². The van der Waals surface area contributed by atoms with Crippen molar-refractivity contribution < 1.29 is 4.42 Å². The van der Waals surface area contributed by atoms with Crippen LogP contribution in [0.15, 0.2) is 16.7 Å². The summed E-state index contributed by atoms with van der Waals surface area (Å²) in [6.07, 6.45) is 6.42. The molecule has 0 saturated carbocycles. The molecule has 1 aromatic heterocycles. The molecule has 0 bridgehead atoms. The average Bonchev–Trinajstić information content (AvgIpc) is 2.58. The van der Waals surface area contributed by atoms with Crippen LogP contribution in [0.4, 0.5) is 0 Å². The molecule has 0 spiro atoms. The summed E-state index contributed by atoms with van der Waals surface area (Å²) in [6, 6.07) is 2.09. The Bertz CT molecular complexity index is 180. The molecule has 0 aliphatic carbocycles. The molecule has 1 heterocycles. The summed E-state index contributed by atoms with van der Waals surface area (Å²) in [4.78, 5) is 0. The van der Waals surface area contributed by atoms with Crippen LogP contribution in [0.3, 0.4) is 0 Å². The normalized spacial score (nSPS) is 9.23. The van der Waals surface area contributed by atoms with Crippen LogP contribution in [-0.2, 0) is 12.8 Å². The smallest absolute Gasteiger partial charge is 0.106 e.